The summed E-state index contributed by atoms with van der Waals surface area (Å²) in [6, 6.07) is 2.64. The van der Waals surface area contributed by atoms with Gasteiger partial charge in [0.2, 0.25) is 0 Å². The second-order valence-electron chi connectivity index (χ2n) is 4.20. The van der Waals surface area contributed by atoms with Gasteiger partial charge in [-0.25, -0.2) is 9.97 Å². The summed E-state index contributed by atoms with van der Waals surface area (Å²) in [5.41, 5.74) is 1.11. The number of nitrogens with one attached hydrogen (secondary N) is 1. The molecule has 1 fully saturated rings. The first-order valence-electron chi connectivity index (χ1n) is 5.93. The quantitative estimate of drug-likeness (QED) is 0.874. The minimum absolute atomic E-state index is 0.578. The summed E-state index contributed by atoms with van der Waals surface area (Å²) in [5.74, 6) is 0.984. The molecule has 1 aliphatic rings. The van der Waals surface area contributed by atoms with Crippen molar-refractivity contribution in [2.24, 2.45) is 0 Å². The van der Waals surface area contributed by atoms with E-state index in [2.05, 4.69) is 34.5 Å². The van der Waals surface area contributed by atoms with Gasteiger partial charge >= 0.3 is 0 Å². The topological polar surface area (TPSA) is 37.8 Å². The van der Waals surface area contributed by atoms with Crippen molar-refractivity contribution in [1.29, 1.82) is 0 Å². The predicted octanol–water partition coefficient (Wildman–Crippen LogP) is 2.74. The molecule has 0 saturated heterocycles. The second-order valence-corrected chi connectivity index (χ2v) is 5.28. The maximum absolute atomic E-state index is 4.29. The molecule has 1 heterocycles. The van der Waals surface area contributed by atoms with Crippen molar-refractivity contribution in [3.8, 4) is 0 Å². The Hall–Kier alpha value is -0.770. The average Bonchev–Trinajstić information content (AvgIpc) is 2.76. The minimum atomic E-state index is 0.578. The van der Waals surface area contributed by atoms with Crippen LogP contribution in [-0.2, 0) is 6.42 Å². The molecule has 1 aromatic heterocycles. The summed E-state index contributed by atoms with van der Waals surface area (Å²) in [7, 11) is 0. The van der Waals surface area contributed by atoms with Gasteiger partial charge in [0.25, 0.3) is 0 Å². The summed E-state index contributed by atoms with van der Waals surface area (Å²) >= 11 is 1.96. The SMILES string of the molecule is CCc1cc(NC2CCCC2SC)ncn1. The number of aromatic nitrogens is 2. The van der Waals surface area contributed by atoms with Gasteiger partial charge in [0, 0.05) is 23.1 Å². The van der Waals surface area contributed by atoms with Crippen LogP contribution in [0.1, 0.15) is 31.9 Å². The van der Waals surface area contributed by atoms with Gasteiger partial charge in [0.15, 0.2) is 0 Å². The summed E-state index contributed by atoms with van der Waals surface area (Å²) in [6.45, 7) is 2.12. The molecule has 0 radical (unpaired) electrons. The molecular formula is C12H19N3S. The maximum Gasteiger partial charge on any atom is 0.129 e. The molecule has 0 spiro atoms. The summed E-state index contributed by atoms with van der Waals surface area (Å²) in [5, 5.41) is 4.28. The predicted molar refractivity (Wildman–Crippen MR) is 70.0 cm³/mol. The highest BCUT2D eigenvalue weighted by Crippen LogP contribution is 2.30. The Bertz CT molecular complexity index is 343. The molecule has 2 atom stereocenters. The first-order valence-corrected chi connectivity index (χ1v) is 7.22. The van der Waals surface area contributed by atoms with Crippen LogP contribution in [0, 0.1) is 0 Å². The Balaban J connectivity index is 2.02. The largest absolute Gasteiger partial charge is 0.366 e. The molecule has 2 rings (SSSR count). The van der Waals surface area contributed by atoms with Crippen molar-refractivity contribution in [1.82, 2.24) is 9.97 Å². The molecule has 3 nitrogen and oxygen atoms in total. The summed E-state index contributed by atoms with van der Waals surface area (Å²) in [6.07, 6.45) is 8.73. The highest BCUT2D eigenvalue weighted by Gasteiger charge is 2.26. The molecule has 0 bridgehead atoms. The van der Waals surface area contributed by atoms with Crippen LogP contribution in [0.4, 0.5) is 5.82 Å². The van der Waals surface area contributed by atoms with Crippen molar-refractivity contribution in [3.05, 3.63) is 18.1 Å². The van der Waals surface area contributed by atoms with Crippen LogP contribution < -0.4 is 5.32 Å². The third-order valence-electron chi connectivity index (χ3n) is 3.17. The fraction of sp³-hybridized carbons (Fsp3) is 0.667. The van der Waals surface area contributed by atoms with E-state index in [0.717, 1.165) is 23.2 Å². The first kappa shape index (κ1) is 11.7. The number of hydrogen-bond donors (Lipinski definition) is 1. The lowest BCUT2D eigenvalue weighted by Crippen LogP contribution is -2.26. The van der Waals surface area contributed by atoms with E-state index in [0.29, 0.717) is 6.04 Å². The van der Waals surface area contributed by atoms with Gasteiger partial charge in [0.1, 0.15) is 12.1 Å². The molecule has 1 aliphatic carbocycles. The summed E-state index contributed by atoms with van der Waals surface area (Å²) < 4.78 is 0. The van der Waals surface area contributed by atoms with Gasteiger partial charge in [0.05, 0.1) is 0 Å². The van der Waals surface area contributed by atoms with Crippen molar-refractivity contribution in [2.45, 2.75) is 43.9 Å². The van der Waals surface area contributed by atoms with Crippen LogP contribution in [0.15, 0.2) is 12.4 Å². The number of aryl methyl sites for hydroxylation is 1. The van der Waals surface area contributed by atoms with Gasteiger partial charge in [-0.15, -0.1) is 0 Å². The first-order chi connectivity index (χ1) is 7.83. The molecule has 0 amide bonds. The number of hydrogen-bond acceptors (Lipinski definition) is 4. The van der Waals surface area contributed by atoms with Crippen LogP contribution >= 0.6 is 11.8 Å². The van der Waals surface area contributed by atoms with Crippen molar-refractivity contribution >= 4 is 17.6 Å². The van der Waals surface area contributed by atoms with Crippen LogP contribution in [0.25, 0.3) is 0 Å². The normalized spacial score (nSPS) is 24.6. The highest BCUT2D eigenvalue weighted by atomic mass is 32.2. The molecular weight excluding hydrogens is 218 g/mol. The number of anilines is 1. The van der Waals surface area contributed by atoms with Crippen LogP contribution in [0.3, 0.4) is 0 Å². The molecule has 4 heteroatoms. The standard InChI is InChI=1S/C12H19N3S/c1-3-9-7-12(14-8-13-9)15-10-5-4-6-11(10)16-2/h7-8,10-11H,3-6H2,1-2H3,(H,13,14,15). The maximum atomic E-state index is 4.29. The van der Waals surface area contributed by atoms with E-state index in [4.69, 9.17) is 0 Å². The molecule has 2 unspecified atom stereocenters. The Morgan fingerprint density at radius 2 is 2.31 bits per heavy atom. The molecule has 1 aromatic rings. The van der Waals surface area contributed by atoms with Crippen molar-refractivity contribution in [2.75, 3.05) is 11.6 Å². The van der Waals surface area contributed by atoms with Gasteiger partial charge in [-0.1, -0.05) is 13.3 Å². The van der Waals surface area contributed by atoms with E-state index >= 15 is 0 Å². The molecule has 0 aliphatic heterocycles. The van der Waals surface area contributed by atoms with Gasteiger partial charge < -0.3 is 5.32 Å². The summed E-state index contributed by atoms with van der Waals surface area (Å²) in [4.78, 5) is 8.50. The van der Waals surface area contributed by atoms with E-state index in [-0.39, 0.29) is 0 Å². The van der Waals surface area contributed by atoms with E-state index < -0.39 is 0 Å². The molecule has 1 saturated carbocycles. The number of rotatable bonds is 4. The van der Waals surface area contributed by atoms with Crippen LogP contribution in [0.5, 0.6) is 0 Å². The molecule has 1 N–H and O–H groups in total. The Labute approximate surface area is 101 Å². The van der Waals surface area contributed by atoms with E-state index in [9.17, 15) is 0 Å². The van der Waals surface area contributed by atoms with Crippen molar-refractivity contribution < 1.29 is 0 Å². The Morgan fingerprint density at radius 1 is 1.44 bits per heavy atom. The van der Waals surface area contributed by atoms with Crippen LogP contribution in [-0.4, -0.2) is 27.5 Å². The molecule has 88 valence electrons. The third-order valence-corrected chi connectivity index (χ3v) is 4.34. The zero-order chi connectivity index (χ0) is 11.4. The van der Waals surface area contributed by atoms with E-state index in [1.807, 2.05) is 11.8 Å². The fourth-order valence-corrected chi connectivity index (χ4v) is 3.17. The number of thioether (sulfide) groups is 1. The van der Waals surface area contributed by atoms with E-state index in [1.165, 1.54) is 19.3 Å². The molecule has 16 heavy (non-hydrogen) atoms. The van der Waals surface area contributed by atoms with E-state index in [1.54, 1.807) is 6.33 Å². The fourth-order valence-electron chi connectivity index (χ4n) is 2.23. The number of nitrogens with zero attached hydrogens (tertiary/aromatic N) is 2. The lowest BCUT2D eigenvalue weighted by atomic mass is 10.2. The average molecular weight is 237 g/mol. The highest BCUT2D eigenvalue weighted by molar-refractivity contribution is 7.99. The Kier molecular flexibility index (Phi) is 4.04. The van der Waals surface area contributed by atoms with Crippen LogP contribution in [0.2, 0.25) is 0 Å². The monoisotopic (exact) mass is 237 g/mol. The Morgan fingerprint density at radius 3 is 3.06 bits per heavy atom. The molecule has 0 aromatic carbocycles. The van der Waals surface area contributed by atoms with Crippen molar-refractivity contribution in [3.63, 3.8) is 0 Å². The zero-order valence-electron chi connectivity index (χ0n) is 9.94. The smallest absolute Gasteiger partial charge is 0.129 e. The third kappa shape index (κ3) is 2.67. The van der Waals surface area contributed by atoms with Gasteiger partial charge in [-0.3, -0.25) is 0 Å². The van der Waals surface area contributed by atoms with Gasteiger partial charge in [-0.05, 0) is 25.5 Å². The zero-order valence-corrected chi connectivity index (χ0v) is 10.8. The second kappa shape index (κ2) is 5.53. The minimum Gasteiger partial charge on any atom is -0.366 e. The lowest BCUT2D eigenvalue weighted by Gasteiger charge is -2.19. The van der Waals surface area contributed by atoms with Gasteiger partial charge in [-0.2, -0.15) is 11.8 Å². The lowest BCUT2D eigenvalue weighted by molar-refractivity contribution is 0.761.